The third-order valence-electron chi connectivity index (χ3n) is 5.78. The van der Waals surface area contributed by atoms with Gasteiger partial charge in [-0.05, 0) is 50.4 Å². The van der Waals surface area contributed by atoms with Crippen molar-refractivity contribution in [3.05, 3.63) is 68.3 Å². The summed E-state index contributed by atoms with van der Waals surface area (Å²) in [4.78, 5) is 23.8. The van der Waals surface area contributed by atoms with Crippen LogP contribution >= 0.6 is 22.7 Å². The van der Waals surface area contributed by atoms with Crippen molar-refractivity contribution in [3.8, 4) is 5.75 Å². The number of thiophene rings is 1. The van der Waals surface area contributed by atoms with E-state index in [-0.39, 0.29) is 11.8 Å². The number of carbonyl (C=O) groups is 1. The summed E-state index contributed by atoms with van der Waals surface area (Å²) in [5, 5.41) is 5.32. The molecule has 0 saturated carbocycles. The van der Waals surface area contributed by atoms with Crippen LogP contribution in [0.2, 0.25) is 0 Å². The van der Waals surface area contributed by atoms with E-state index in [4.69, 9.17) is 4.74 Å². The van der Waals surface area contributed by atoms with Crippen molar-refractivity contribution in [1.29, 1.82) is 0 Å². The Morgan fingerprint density at radius 1 is 1.16 bits per heavy atom. The Kier molecular flexibility index (Phi) is 7.37. The quantitative estimate of drug-likeness (QED) is 0.481. The van der Waals surface area contributed by atoms with Crippen LogP contribution < -0.4 is 4.74 Å². The molecule has 3 aromatic rings. The molecular formula is C24H29N3O2S2. The van der Waals surface area contributed by atoms with Crippen LogP contribution in [0, 0.1) is 12.8 Å². The Hall–Kier alpha value is -2.22. The molecule has 1 aliphatic rings. The Bertz CT molecular complexity index is 978. The number of para-hydroxylation sites is 1. The van der Waals surface area contributed by atoms with Crippen molar-refractivity contribution in [2.24, 2.45) is 5.92 Å². The monoisotopic (exact) mass is 455 g/mol. The molecule has 2 aromatic heterocycles. The number of benzene rings is 1. The van der Waals surface area contributed by atoms with Crippen molar-refractivity contribution in [1.82, 2.24) is 14.8 Å². The molecule has 0 spiro atoms. The van der Waals surface area contributed by atoms with Crippen LogP contribution in [-0.2, 0) is 24.4 Å². The molecule has 31 heavy (non-hydrogen) atoms. The van der Waals surface area contributed by atoms with Crippen LogP contribution in [0.3, 0.4) is 0 Å². The lowest BCUT2D eigenvalue weighted by Crippen LogP contribution is -2.41. The van der Waals surface area contributed by atoms with Crippen LogP contribution in [0.4, 0.5) is 0 Å². The Balaban J connectivity index is 1.42. The molecule has 1 amide bonds. The minimum absolute atomic E-state index is 0.0723. The fourth-order valence-corrected chi connectivity index (χ4v) is 5.47. The lowest BCUT2D eigenvalue weighted by molar-refractivity contribution is -0.138. The van der Waals surface area contributed by atoms with Crippen molar-refractivity contribution in [2.75, 3.05) is 20.2 Å². The van der Waals surface area contributed by atoms with Gasteiger partial charge in [-0.2, -0.15) is 0 Å². The van der Waals surface area contributed by atoms with Gasteiger partial charge < -0.3 is 9.64 Å². The molecule has 0 N–H and O–H groups in total. The van der Waals surface area contributed by atoms with Gasteiger partial charge in [0.25, 0.3) is 0 Å². The smallest absolute Gasteiger partial charge is 0.226 e. The molecule has 1 fully saturated rings. The number of thiazole rings is 1. The molecule has 0 radical (unpaired) electrons. The van der Waals surface area contributed by atoms with Crippen molar-refractivity contribution < 1.29 is 9.53 Å². The van der Waals surface area contributed by atoms with Gasteiger partial charge in [-0.1, -0.05) is 24.3 Å². The molecule has 4 rings (SSSR count). The fourth-order valence-electron chi connectivity index (χ4n) is 4.15. The van der Waals surface area contributed by atoms with E-state index >= 15 is 0 Å². The molecule has 0 aliphatic carbocycles. The summed E-state index contributed by atoms with van der Waals surface area (Å²) in [5.41, 5.74) is 2.19. The van der Waals surface area contributed by atoms with Gasteiger partial charge in [-0.3, -0.25) is 9.69 Å². The number of hydrogen-bond acceptors (Lipinski definition) is 6. The largest absolute Gasteiger partial charge is 0.496 e. The number of aromatic nitrogens is 1. The number of hydrogen-bond donors (Lipinski definition) is 0. The van der Waals surface area contributed by atoms with Crippen LogP contribution in [0.25, 0.3) is 0 Å². The second kappa shape index (κ2) is 10.4. The van der Waals surface area contributed by atoms with E-state index in [2.05, 4.69) is 26.7 Å². The first-order valence-electron chi connectivity index (χ1n) is 10.7. The normalized spacial score (nSPS) is 15.2. The number of piperidine rings is 1. The highest BCUT2D eigenvalue weighted by Gasteiger charge is 2.29. The summed E-state index contributed by atoms with van der Waals surface area (Å²) in [6.07, 6.45) is 1.80. The molecule has 3 heterocycles. The molecule has 1 aliphatic heterocycles. The van der Waals surface area contributed by atoms with Gasteiger partial charge >= 0.3 is 0 Å². The van der Waals surface area contributed by atoms with Crippen molar-refractivity contribution in [2.45, 2.75) is 39.4 Å². The zero-order valence-electron chi connectivity index (χ0n) is 18.1. The van der Waals surface area contributed by atoms with Crippen LogP contribution in [0.1, 0.15) is 34.0 Å². The predicted molar refractivity (Wildman–Crippen MR) is 126 cm³/mol. The Labute approximate surface area is 192 Å². The second-order valence-electron chi connectivity index (χ2n) is 7.99. The minimum atomic E-state index is 0.0723. The molecule has 1 saturated heterocycles. The number of amides is 1. The average Bonchev–Trinajstić information content (AvgIpc) is 3.45. The van der Waals surface area contributed by atoms with Gasteiger partial charge in [0.2, 0.25) is 5.91 Å². The van der Waals surface area contributed by atoms with Gasteiger partial charge in [0.05, 0.1) is 24.4 Å². The van der Waals surface area contributed by atoms with E-state index in [0.29, 0.717) is 13.1 Å². The summed E-state index contributed by atoms with van der Waals surface area (Å²) < 4.78 is 5.53. The number of likely N-dealkylation sites (tertiary alicyclic amines) is 1. The Morgan fingerprint density at radius 3 is 2.65 bits per heavy atom. The van der Waals surface area contributed by atoms with E-state index < -0.39 is 0 Å². The number of methoxy groups -OCH3 is 1. The summed E-state index contributed by atoms with van der Waals surface area (Å²) >= 11 is 3.40. The second-order valence-corrected chi connectivity index (χ2v) is 10.1. The molecular weight excluding hydrogens is 426 g/mol. The first kappa shape index (κ1) is 22.0. The molecule has 7 heteroatoms. The van der Waals surface area contributed by atoms with Crippen molar-refractivity contribution in [3.63, 3.8) is 0 Å². The fraction of sp³-hybridized carbons (Fsp3) is 0.417. The summed E-state index contributed by atoms with van der Waals surface area (Å²) in [5.74, 6) is 1.16. The minimum Gasteiger partial charge on any atom is -0.496 e. The first-order chi connectivity index (χ1) is 15.1. The summed E-state index contributed by atoms with van der Waals surface area (Å²) in [6, 6.07) is 12.1. The molecule has 5 nitrogen and oxygen atoms in total. The van der Waals surface area contributed by atoms with Gasteiger partial charge in [0.15, 0.2) is 0 Å². The van der Waals surface area contributed by atoms with E-state index in [1.165, 1.54) is 4.88 Å². The zero-order chi connectivity index (χ0) is 21.6. The molecule has 0 unspecified atom stereocenters. The van der Waals surface area contributed by atoms with Crippen molar-refractivity contribution >= 4 is 28.6 Å². The third-order valence-corrected chi connectivity index (χ3v) is 7.46. The maximum absolute atomic E-state index is 13.6. The average molecular weight is 456 g/mol. The number of ether oxygens (including phenoxy) is 1. The molecule has 164 valence electrons. The predicted octanol–water partition coefficient (Wildman–Crippen LogP) is 4.96. The van der Waals surface area contributed by atoms with Crippen LogP contribution in [-0.4, -0.2) is 40.9 Å². The zero-order valence-corrected chi connectivity index (χ0v) is 19.8. The number of rotatable bonds is 8. The highest BCUT2D eigenvalue weighted by atomic mass is 32.1. The number of carbonyl (C=O) groups excluding carboxylic acids is 1. The highest BCUT2D eigenvalue weighted by Crippen LogP contribution is 2.26. The third kappa shape index (κ3) is 5.73. The van der Waals surface area contributed by atoms with Gasteiger partial charge in [0.1, 0.15) is 5.75 Å². The maximum Gasteiger partial charge on any atom is 0.226 e. The lowest BCUT2D eigenvalue weighted by atomic mass is 9.94. The van der Waals surface area contributed by atoms with Gasteiger partial charge in [-0.25, -0.2) is 4.98 Å². The topological polar surface area (TPSA) is 45.7 Å². The van der Waals surface area contributed by atoms with Crippen LogP contribution in [0.5, 0.6) is 5.75 Å². The number of aryl methyl sites for hydroxylation is 1. The van der Waals surface area contributed by atoms with Gasteiger partial charge in [0, 0.05) is 34.8 Å². The van der Waals surface area contributed by atoms with E-state index in [1.54, 1.807) is 29.8 Å². The summed E-state index contributed by atoms with van der Waals surface area (Å²) in [6.45, 7) is 6.02. The molecule has 0 bridgehead atoms. The first-order valence-corrected chi connectivity index (χ1v) is 12.4. The van der Waals surface area contributed by atoms with E-state index in [0.717, 1.165) is 54.5 Å². The highest BCUT2D eigenvalue weighted by molar-refractivity contribution is 7.10. The van der Waals surface area contributed by atoms with Gasteiger partial charge in [-0.15, -0.1) is 22.7 Å². The lowest BCUT2D eigenvalue weighted by Gasteiger charge is -2.34. The maximum atomic E-state index is 13.6. The SMILES string of the molecule is COc1ccccc1CN(Cc1cccs1)C(=O)C1CCN(Cc2csc(C)n2)CC1. The Morgan fingerprint density at radius 2 is 1.97 bits per heavy atom. The molecule has 1 aromatic carbocycles. The number of nitrogens with zero attached hydrogens (tertiary/aromatic N) is 3. The van der Waals surface area contributed by atoms with Crippen LogP contribution in [0.15, 0.2) is 47.2 Å². The van der Waals surface area contributed by atoms with E-state index in [9.17, 15) is 4.79 Å². The van der Waals surface area contributed by atoms with E-state index in [1.807, 2.05) is 42.2 Å². The molecule has 0 atom stereocenters. The summed E-state index contributed by atoms with van der Waals surface area (Å²) in [7, 11) is 1.68. The standard InChI is InChI=1S/C24H29N3O2S2/c1-18-25-21(17-31-18)15-26-11-9-19(10-12-26)24(28)27(16-22-7-5-13-30-22)14-20-6-3-4-8-23(20)29-2/h3-8,13,17,19H,9-12,14-16H2,1-2H3.